The van der Waals surface area contributed by atoms with Crippen LogP contribution in [0.5, 0.6) is 0 Å². The average Bonchev–Trinajstić information content (AvgIpc) is 2.17. The van der Waals surface area contributed by atoms with Crippen molar-refractivity contribution < 1.29 is 19.1 Å². The summed E-state index contributed by atoms with van der Waals surface area (Å²) in [6.07, 6.45) is -0.701. The molecule has 1 rings (SSSR count). The minimum absolute atomic E-state index is 0.239. The van der Waals surface area contributed by atoms with Crippen LogP contribution in [0, 0.1) is 5.82 Å². The van der Waals surface area contributed by atoms with Gasteiger partial charge in [0.1, 0.15) is 12.2 Å². The third-order valence-electron chi connectivity index (χ3n) is 1.68. The Morgan fingerprint density at radius 1 is 1.33 bits per heavy atom. The molecule has 0 saturated carbocycles. The van der Waals surface area contributed by atoms with Crippen molar-refractivity contribution in [1.82, 2.24) is 0 Å². The van der Waals surface area contributed by atoms with Crippen LogP contribution in [0.3, 0.4) is 0 Å². The summed E-state index contributed by atoms with van der Waals surface area (Å²) in [5.41, 5.74) is 0.239. The largest absolute Gasteiger partial charge is 0.481 e. The van der Waals surface area contributed by atoms with Gasteiger partial charge in [-0.15, -0.1) is 0 Å². The molecule has 0 fully saturated rings. The maximum Gasteiger partial charge on any atom is 0.312 e. The molecule has 0 radical (unpaired) electrons. The molecular weight excluding hydrogens is 203 g/mol. The molecular formula is C9H9FN2O3. The van der Waals surface area contributed by atoms with Gasteiger partial charge in [-0.25, -0.2) is 15.2 Å². The lowest BCUT2D eigenvalue weighted by Gasteiger charge is -2.15. The molecule has 0 saturated heterocycles. The van der Waals surface area contributed by atoms with Crippen molar-refractivity contribution >= 4 is 17.6 Å². The van der Waals surface area contributed by atoms with Crippen molar-refractivity contribution in [2.24, 2.45) is 5.84 Å². The number of nitrogens with two attached hydrogens (primary N) is 1. The van der Waals surface area contributed by atoms with Crippen LogP contribution in [0.15, 0.2) is 24.3 Å². The number of anilines is 1. The average molecular weight is 212 g/mol. The molecule has 0 bridgehead atoms. The fourth-order valence-corrected chi connectivity index (χ4v) is 0.960. The first kappa shape index (κ1) is 11.1. The summed E-state index contributed by atoms with van der Waals surface area (Å²) in [4.78, 5) is 21.4. The lowest BCUT2D eigenvalue weighted by molar-refractivity contribution is -0.140. The van der Waals surface area contributed by atoms with Crippen molar-refractivity contribution in [3.05, 3.63) is 30.1 Å². The van der Waals surface area contributed by atoms with E-state index in [2.05, 4.69) is 0 Å². The Balaban J connectivity index is 2.76. The molecule has 0 aliphatic heterocycles. The smallest absolute Gasteiger partial charge is 0.312 e. The van der Waals surface area contributed by atoms with E-state index in [-0.39, 0.29) is 5.69 Å². The van der Waals surface area contributed by atoms with E-state index in [1.54, 1.807) is 0 Å². The zero-order valence-corrected chi connectivity index (χ0v) is 7.68. The number of amides is 1. The highest BCUT2D eigenvalue weighted by Crippen LogP contribution is 2.12. The van der Waals surface area contributed by atoms with Gasteiger partial charge in [0.2, 0.25) is 0 Å². The Kier molecular flexibility index (Phi) is 3.35. The number of halogens is 1. The molecule has 1 amide bonds. The number of hydrogen-bond donors (Lipinski definition) is 2. The third kappa shape index (κ3) is 3.03. The second-order valence-corrected chi connectivity index (χ2v) is 2.81. The van der Waals surface area contributed by atoms with Gasteiger partial charge >= 0.3 is 5.97 Å². The molecule has 0 aromatic heterocycles. The molecule has 6 heteroatoms. The van der Waals surface area contributed by atoms with Crippen molar-refractivity contribution in [2.75, 3.05) is 5.01 Å². The zero-order chi connectivity index (χ0) is 11.4. The highest BCUT2D eigenvalue weighted by molar-refractivity contribution is 6.02. The highest BCUT2D eigenvalue weighted by Gasteiger charge is 2.15. The molecule has 1 aromatic carbocycles. The summed E-state index contributed by atoms with van der Waals surface area (Å²) in [7, 11) is 0. The Hall–Kier alpha value is -1.95. The number of aliphatic carboxylic acids is 1. The fraction of sp³-hybridized carbons (Fsp3) is 0.111. The monoisotopic (exact) mass is 212 g/mol. The van der Waals surface area contributed by atoms with Gasteiger partial charge in [-0.2, -0.15) is 0 Å². The minimum Gasteiger partial charge on any atom is -0.481 e. The summed E-state index contributed by atoms with van der Waals surface area (Å²) in [6, 6.07) is 4.83. The van der Waals surface area contributed by atoms with Gasteiger partial charge in [-0.05, 0) is 24.3 Å². The number of carbonyl (C=O) groups is 2. The third-order valence-corrected chi connectivity index (χ3v) is 1.68. The van der Waals surface area contributed by atoms with Gasteiger partial charge < -0.3 is 5.11 Å². The summed E-state index contributed by atoms with van der Waals surface area (Å²) in [5.74, 6) is 2.84. The van der Waals surface area contributed by atoms with E-state index in [9.17, 15) is 14.0 Å². The molecule has 15 heavy (non-hydrogen) atoms. The van der Waals surface area contributed by atoms with E-state index in [0.29, 0.717) is 5.01 Å². The number of benzene rings is 1. The maximum atomic E-state index is 12.5. The first-order chi connectivity index (χ1) is 7.00. The van der Waals surface area contributed by atoms with Crippen LogP contribution >= 0.6 is 0 Å². The van der Waals surface area contributed by atoms with E-state index in [4.69, 9.17) is 10.9 Å². The number of hydrogen-bond acceptors (Lipinski definition) is 3. The Morgan fingerprint density at radius 2 is 1.87 bits per heavy atom. The summed E-state index contributed by atoms with van der Waals surface area (Å²) in [6.45, 7) is 0. The molecule has 0 aliphatic carbocycles. The second kappa shape index (κ2) is 4.52. The Labute approximate surface area is 84.9 Å². The van der Waals surface area contributed by atoms with E-state index < -0.39 is 24.1 Å². The number of hydrazine groups is 1. The number of carboxylic acid groups (broad SMARTS) is 1. The van der Waals surface area contributed by atoms with Crippen molar-refractivity contribution in [3.63, 3.8) is 0 Å². The SMILES string of the molecule is NN(C(=O)CC(=O)O)c1ccc(F)cc1. The number of nitrogens with zero attached hydrogens (tertiary/aromatic N) is 1. The zero-order valence-electron chi connectivity index (χ0n) is 7.68. The lowest BCUT2D eigenvalue weighted by Crippen LogP contribution is -2.38. The number of carboxylic acids is 1. The van der Waals surface area contributed by atoms with Gasteiger partial charge in [0.05, 0.1) is 5.69 Å². The number of rotatable bonds is 3. The molecule has 0 spiro atoms. The molecule has 80 valence electrons. The molecule has 0 heterocycles. The summed E-state index contributed by atoms with van der Waals surface area (Å²) >= 11 is 0. The first-order valence-corrected chi connectivity index (χ1v) is 4.05. The van der Waals surface area contributed by atoms with Gasteiger partial charge in [0, 0.05) is 0 Å². The van der Waals surface area contributed by atoms with E-state index in [0.717, 1.165) is 12.1 Å². The van der Waals surface area contributed by atoms with Crippen molar-refractivity contribution in [3.8, 4) is 0 Å². The molecule has 5 nitrogen and oxygen atoms in total. The number of carbonyl (C=O) groups excluding carboxylic acids is 1. The van der Waals surface area contributed by atoms with Crippen LogP contribution < -0.4 is 10.9 Å². The topological polar surface area (TPSA) is 83.6 Å². The predicted octanol–water partition coefficient (Wildman–Crippen LogP) is 0.507. The molecule has 1 aromatic rings. The van der Waals surface area contributed by atoms with Crippen LogP contribution in [0.25, 0.3) is 0 Å². The fourth-order valence-electron chi connectivity index (χ4n) is 0.960. The van der Waals surface area contributed by atoms with Crippen LogP contribution in [-0.2, 0) is 9.59 Å². The quantitative estimate of drug-likeness (QED) is 0.331. The Morgan fingerprint density at radius 3 is 2.33 bits per heavy atom. The Bertz CT molecular complexity index is 377. The van der Waals surface area contributed by atoms with Gasteiger partial charge in [0.15, 0.2) is 0 Å². The van der Waals surface area contributed by atoms with Gasteiger partial charge in [0.25, 0.3) is 5.91 Å². The first-order valence-electron chi connectivity index (χ1n) is 4.05. The van der Waals surface area contributed by atoms with Crippen molar-refractivity contribution in [1.29, 1.82) is 0 Å². The summed E-state index contributed by atoms with van der Waals surface area (Å²) in [5, 5.41) is 9.03. The second-order valence-electron chi connectivity index (χ2n) is 2.81. The van der Waals surface area contributed by atoms with Crippen LogP contribution in [0.4, 0.5) is 10.1 Å². The van der Waals surface area contributed by atoms with E-state index in [1.165, 1.54) is 12.1 Å². The van der Waals surface area contributed by atoms with Crippen molar-refractivity contribution in [2.45, 2.75) is 6.42 Å². The van der Waals surface area contributed by atoms with Crippen LogP contribution in [0.2, 0.25) is 0 Å². The molecule has 0 unspecified atom stereocenters. The van der Waals surface area contributed by atoms with Gasteiger partial charge in [-0.3, -0.25) is 9.59 Å². The highest BCUT2D eigenvalue weighted by atomic mass is 19.1. The van der Waals surface area contributed by atoms with Crippen LogP contribution in [0.1, 0.15) is 6.42 Å². The normalized spacial score (nSPS) is 9.73. The lowest BCUT2D eigenvalue weighted by atomic mass is 10.3. The van der Waals surface area contributed by atoms with Gasteiger partial charge in [-0.1, -0.05) is 0 Å². The maximum absolute atomic E-state index is 12.5. The van der Waals surface area contributed by atoms with E-state index in [1.807, 2.05) is 0 Å². The minimum atomic E-state index is -1.27. The standard InChI is InChI=1S/C9H9FN2O3/c10-6-1-3-7(4-2-6)12(11)8(13)5-9(14)15/h1-4H,5,11H2,(H,14,15). The molecule has 0 atom stereocenters. The van der Waals surface area contributed by atoms with Crippen LogP contribution in [-0.4, -0.2) is 17.0 Å². The summed E-state index contributed by atoms with van der Waals surface area (Å²) < 4.78 is 12.5. The van der Waals surface area contributed by atoms with E-state index >= 15 is 0 Å². The molecule has 0 aliphatic rings. The molecule has 3 N–H and O–H groups in total. The predicted molar refractivity (Wildman–Crippen MR) is 50.3 cm³/mol.